The number of benzene rings is 1. The molecule has 1 heterocycles. The number of hydrogen-bond donors (Lipinski definition) is 0. The van der Waals surface area contributed by atoms with Gasteiger partial charge in [0.1, 0.15) is 0 Å². The summed E-state index contributed by atoms with van der Waals surface area (Å²) in [6, 6.07) is 6.61. The molecule has 4 heteroatoms. The molecule has 0 aliphatic heterocycles. The first-order valence-corrected chi connectivity index (χ1v) is 5.51. The van der Waals surface area contributed by atoms with Crippen molar-refractivity contribution in [2.24, 2.45) is 0 Å². The number of ether oxygens (including phenoxy) is 1. The van der Waals surface area contributed by atoms with E-state index in [0.29, 0.717) is 11.1 Å². The Kier molecular flexibility index (Phi) is 3.01. The third kappa shape index (κ3) is 1.84. The van der Waals surface area contributed by atoms with Gasteiger partial charge in [-0.1, -0.05) is 12.1 Å². The van der Waals surface area contributed by atoms with Crippen molar-refractivity contribution in [1.29, 1.82) is 0 Å². The smallest absolute Gasteiger partial charge is 0.173 e. The molecule has 0 radical (unpaired) electrons. The van der Waals surface area contributed by atoms with Crippen LogP contribution < -0.4 is 4.74 Å². The van der Waals surface area contributed by atoms with Gasteiger partial charge >= 0.3 is 0 Å². The number of carbonyl (C=O) groups excluding carboxylic acids is 1. The summed E-state index contributed by atoms with van der Waals surface area (Å²) in [5.74, 6) is -0.192. The third-order valence-corrected chi connectivity index (χ3v) is 3.19. The van der Waals surface area contributed by atoms with Crippen molar-refractivity contribution in [1.82, 2.24) is 0 Å². The SMILES string of the molecule is COc1cccc(-c2cc(C=O)cs2)c1F. The lowest BCUT2D eigenvalue weighted by Gasteiger charge is -2.04. The van der Waals surface area contributed by atoms with E-state index in [1.165, 1.54) is 18.4 Å². The largest absolute Gasteiger partial charge is 0.494 e. The number of hydrogen-bond acceptors (Lipinski definition) is 3. The van der Waals surface area contributed by atoms with E-state index in [-0.39, 0.29) is 5.75 Å². The number of halogens is 1. The molecule has 1 aromatic heterocycles. The zero-order valence-electron chi connectivity index (χ0n) is 8.57. The maximum absolute atomic E-state index is 13.9. The molecule has 0 aliphatic carbocycles. The predicted molar refractivity (Wildman–Crippen MR) is 61.7 cm³/mol. The summed E-state index contributed by atoms with van der Waals surface area (Å²) < 4.78 is 18.8. The summed E-state index contributed by atoms with van der Waals surface area (Å²) in [5.41, 5.74) is 1.01. The fourth-order valence-corrected chi connectivity index (χ4v) is 2.29. The molecule has 0 atom stereocenters. The Balaban J connectivity index is 2.51. The highest BCUT2D eigenvalue weighted by Crippen LogP contribution is 2.32. The molecule has 0 unspecified atom stereocenters. The summed E-state index contributed by atoms with van der Waals surface area (Å²) in [6.07, 6.45) is 0.748. The Morgan fingerprint density at radius 3 is 2.88 bits per heavy atom. The van der Waals surface area contributed by atoms with Crippen LogP contribution >= 0.6 is 11.3 Å². The molecular weight excluding hydrogens is 227 g/mol. The van der Waals surface area contributed by atoms with Crippen molar-refractivity contribution < 1.29 is 13.9 Å². The molecule has 0 fully saturated rings. The van der Waals surface area contributed by atoms with E-state index in [4.69, 9.17) is 4.74 Å². The molecule has 0 N–H and O–H groups in total. The second-order valence-electron chi connectivity index (χ2n) is 3.18. The summed E-state index contributed by atoms with van der Waals surface area (Å²) >= 11 is 1.33. The quantitative estimate of drug-likeness (QED) is 0.764. The molecule has 2 rings (SSSR count). The lowest BCUT2D eigenvalue weighted by Crippen LogP contribution is -1.89. The van der Waals surface area contributed by atoms with Gasteiger partial charge in [-0.15, -0.1) is 11.3 Å². The van der Waals surface area contributed by atoms with Gasteiger partial charge in [0, 0.05) is 21.4 Å². The minimum absolute atomic E-state index is 0.207. The van der Waals surface area contributed by atoms with E-state index in [1.54, 1.807) is 29.6 Å². The van der Waals surface area contributed by atoms with E-state index < -0.39 is 5.82 Å². The van der Waals surface area contributed by atoms with Gasteiger partial charge in [-0.3, -0.25) is 4.79 Å². The Hall–Kier alpha value is -1.68. The van der Waals surface area contributed by atoms with Crippen molar-refractivity contribution >= 4 is 17.6 Å². The number of carbonyl (C=O) groups is 1. The monoisotopic (exact) mass is 236 g/mol. The molecule has 0 bridgehead atoms. The highest BCUT2D eigenvalue weighted by Gasteiger charge is 2.11. The van der Waals surface area contributed by atoms with Crippen LogP contribution in [0.3, 0.4) is 0 Å². The minimum Gasteiger partial charge on any atom is -0.494 e. The first kappa shape index (κ1) is 10.8. The standard InChI is InChI=1S/C12H9FO2S/c1-15-10-4-2-3-9(12(10)13)11-5-8(6-14)7-16-11/h2-7H,1H3. The van der Waals surface area contributed by atoms with E-state index in [1.807, 2.05) is 0 Å². The van der Waals surface area contributed by atoms with Crippen molar-refractivity contribution in [2.45, 2.75) is 0 Å². The van der Waals surface area contributed by atoms with E-state index in [2.05, 4.69) is 0 Å². The van der Waals surface area contributed by atoms with E-state index >= 15 is 0 Å². The van der Waals surface area contributed by atoms with Gasteiger partial charge in [-0.05, 0) is 12.1 Å². The number of aldehydes is 1. The highest BCUT2D eigenvalue weighted by atomic mass is 32.1. The van der Waals surface area contributed by atoms with Gasteiger partial charge in [0.25, 0.3) is 0 Å². The fraction of sp³-hybridized carbons (Fsp3) is 0.0833. The zero-order chi connectivity index (χ0) is 11.5. The molecule has 16 heavy (non-hydrogen) atoms. The zero-order valence-corrected chi connectivity index (χ0v) is 9.38. The maximum Gasteiger partial charge on any atom is 0.173 e. The Bertz CT molecular complexity index is 519. The summed E-state index contributed by atoms with van der Waals surface area (Å²) in [6.45, 7) is 0. The van der Waals surface area contributed by atoms with E-state index in [9.17, 15) is 9.18 Å². The second-order valence-corrected chi connectivity index (χ2v) is 4.10. The lowest BCUT2D eigenvalue weighted by atomic mass is 10.1. The van der Waals surface area contributed by atoms with Crippen LogP contribution in [0.5, 0.6) is 5.75 Å². The Morgan fingerprint density at radius 2 is 2.25 bits per heavy atom. The summed E-state index contributed by atoms with van der Waals surface area (Å²) in [4.78, 5) is 11.3. The average molecular weight is 236 g/mol. The normalized spacial score (nSPS) is 10.1. The minimum atomic E-state index is -0.399. The van der Waals surface area contributed by atoms with Crippen LogP contribution in [0.2, 0.25) is 0 Å². The predicted octanol–water partition coefficient (Wildman–Crippen LogP) is 3.38. The van der Waals surface area contributed by atoms with Crippen molar-refractivity contribution in [3.05, 3.63) is 41.0 Å². The van der Waals surface area contributed by atoms with Crippen LogP contribution in [0, 0.1) is 5.82 Å². The second kappa shape index (κ2) is 4.45. The van der Waals surface area contributed by atoms with Crippen LogP contribution in [0.4, 0.5) is 4.39 Å². The van der Waals surface area contributed by atoms with Gasteiger partial charge in [-0.2, -0.15) is 0 Å². The van der Waals surface area contributed by atoms with Crippen LogP contribution in [-0.2, 0) is 0 Å². The fourth-order valence-electron chi connectivity index (χ4n) is 1.41. The summed E-state index contributed by atoms with van der Waals surface area (Å²) in [5, 5.41) is 1.70. The van der Waals surface area contributed by atoms with Gasteiger partial charge in [0.2, 0.25) is 0 Å². The van der Waals surface area contributed by atoms with E-state index in [0.717, 1.165) is 11.2 Å². The molecule has 0 saturated carbocycles. The molecule has 82 valence electrons. The Labute approximate surface area is 96.3 Å². The molecule has 0 aliphatic rings. The van der Waals surface area contributed by atoms with Crippen molar-refractivity contribution in [2.75, 3.05) is 7.11 Å². The maximum atomic E-state index is 13.9. The number of thiophene rings is 1. The Morgan fingerprint density at radius 1 is 1.44 bits per heavy atom. The van der Waals surface area contributed by atoms with Crippen LogP contribution in [0.15, 0.2) is 29.6 Å². The number of methoxy groups -OCH3 is 1. The van der Waals surface area contributed by atoms with Gasteiger partial charge in [0.05, 0.1) is 7.11 Å². The molecular formula is C12H9FO2S. The molecule has 0 amide bonds. The molecule has 0 saturated heterocycles. The van der Waals surface area contributed by atoms with Gasteiger partial charge < -0.3 is 4.74 Å². The van der Waals surface area contributed by atoms with Gasteiger partial charge in [0.15, 0.2) is 17.9 Å². The molecule has 2 aromatic rings. The first-order valence-electron chi connectivity index (χ1n) is 4.63. The molecule has 2 nitrogen and oxygen atoms in total. The highest BCUT2D eigenvalue weighted by molar-refractivity contribution is 7.13. The van der Waals surface area contributed by atoms with Crippen molar-refractivity contribution in [3.8, 4) is 16.2 Å². The lowest BCUT2D eigenvalue weighted by molar-refractivity contribution is 0.112. The number of rotatable bonds is 3. The summed E-state index contributed by atoms with van der Waals surface area (Å²) in [7, 11) is 1.42. The van der Waals surface area contributed by atoms with Crippen molar-refractivity contribution in [3.63, 3.8) is 0 Å². The van der Waals surface area contributed by atoms with Crippen LogP contribution in [0.1, 0.15) is 10.4 Å². The average Bonchev–Trinajstić information content (AvgIpc) is 2.78. The van der Waals surface area contributed by atoms with Crippen LogP contribution in [0.25, 0.3) is 10.4 Å². The third-order valence-electron chi connectivity index (χ3n) is 2.20. The molecule has 0 spiro atoms. The topological polar surface area (TPSA) is 26.3 Å². The van der Waals surface area contributed by atoms with Crippen LogP contribution in [-0.4, -0.2) is 13.4 Å². The van der Waals surface area contributed by atoms with Gasteiger partial charge in [-0.25, -0.2) is 4.39 Å². The first-order chi connectivity index (χ1) is 7.76. The molecule has 1 aromatic carbocycles.